The van der Waals surface area contributed by atoms with Crippen LogP contribution in [0.1, 0.15) is 67.8 Å². The molecule has 3 aliphatic rings. The van der Waals surface area contributed by atoms with Gasteiger partial charge in [-0.2, -0.15) is 0 Å². The van der Waals surface area contributed by atoms with Crippen molar-refractivity contribution in [1.29, 1.82) is 0 Å². The van der Waals surface area contributed by atoms with Gasteiger partial charge in [-0.15, -0.1) is 0 Å². The van der Waals surface area contributed by atoms with Crippen molar-refractivity contribution in [2.75, 3.05) is 31.7 Å². The predicted octanol–water partition coefficient (Wildman–Crippen LogP) is 6.11. The van der Waals surface area contributed by atoms with Gasteiger partial charge in [0.25, 0.3) is 5.91 Å². The van der Waals surface area contributed by atoms with Crippen LogP contribution < -0.4 is 4.90 Å². The average molecular weight is 538 g/mol. The van der Waals surface area contributed by atoms with E-state index in [2.05, 4.69) is 42.9 Å². The number of anilines is 1. The number of hydrogen-bond donors (Lipinski definition) is 0. The quantitative estimate of drug-likeness (QED) is 0.378. The smallest absolute Gasteiger partial charge is 0.260 e. The normalized spacial score (nSPS) is 21.4. The van der Waals surface area contributed by atoms with Crippen molar-refractivity contribution >= 4 is 22.6 Å². The Labute approximate surface area is 237 Å². The highest BCUT2D eigenvalue weighted by Gasteiger charge is 2.34. The maximum absolute atomic E-state index is 14.2. The number of carbonyl (C=O) groups is 1. The van der Waals surface area contributed by atoms with Crippen LogP contribution in [-0.2, 0) is 17.7 Å². The number of benzene rings is 1. The molecule has 40 heavy (non-hydrogen) atoms. The summed E-state index contributed by atoms with van der Waals surface area (Å²) in [6, 6.07) is 12.0. The summed E-state index contributed by atoms with van der Waals surface area (Å²) in [6.07, 6.45) is 10.2. The molecular weight excluding hydrogens is 498 g/mol. The van der Waals surface area contributed by atoms with Crippen molar-refractivity contribution in [2.24, 2.45) is 11.8 Å². The van der Waals surface area contributed by atoms with Gasteiger partial charge < -0.3 is 14.5 Å². The Kier molecular flexibility index (Phi) is 7.65. The molecule has 1 aliphatic carbocycles. The van der Waals surface area contributed by atoms with Crippen molar-refractivity contribution in [2.45, 2.75) is 58.9 Å². The molecule has 0 spiro atoms. The molecule has 0 radical (unpaired) electrons. The average Bonchev–Trinajstić information content (AvgIpc) is 3.45. The second-order valence-electron chi connectivity index (χ2n) is 11.5. The topological polar surface area (TPSA) is 71.5 Å². The predicted molar refractivity (Wildman–Crippen MR) is 158 cm³/mol. The molecule has 1 saturated heterocycles. The van der Waals surface area contributed by atoms with Gasteiger partial charge in [-0.05, 0) is 75.8 Å². The summed E-state index contributed by atoms with van der Waals surface area (Å²) in [5, 5.41) is 1.03. The molecule has 3 aromatic rings. The minimum atomic E-state index is -0.0157. The third kappa shape index (κ3) is 5.27. The first-order chi connectivity index (χ1) is 19.5. The van der Waals surface area contributed by atoms with Crippen LogP contribution in [0.4, 0.5) is 5.82 Å². The minimum absolute atomic E-state index is 0.0157. The highest BCUT2D eigenvalue weighted by atomic mass is 16.5. The fraction of sp³-hybridized carbons (Fsp3) is 0.455. The molecule has 1 amide bonds. The summed E-state index contributed by atoms with van der Waals surface area (Å²) in [6.45, 7) is 7.23. The molecule has 208 valence electrons. The Morgan fingerprint density at radius 3 is 2.83 bits per heavy atom. The fourth-order valence-corrected chi connectivity index (χ4v) is 6.57. The lowest BCUT2D eigenvalue weighted by atomic mass is 9.87. The van der Waals surface area contributed by atoms with E-state index in [0.717, 1.165) is 86.4 Å². The summed E-state index contributed by atoms with van der Waals surface area (Å²) in [4.78, 5) is 33.1. The summed E-state index contributed by atoms with van der Waals surface area (Å²) >= 11 is 0. The molecule has 0 N–H and O–H groups in total. The van der Waals surface area contributed by atoms with Crippen molar-refractivity contribution < 1.29 is 9.53 Å². The first kappa shape index (κ1) is 26.6. The van der Waals surface area contributed by atoms with Crippen molar-refractivity contribution in [3.8, 4) is 0 Å². The molecule has 7 heteroatoms. The van der Waals surface area contributed by atoms with Gasteiger partial charge in [0, 0.05) is 49.3 Å². The molecule has 7 nitrogen and oxygen atoms in total. The van der Waals surface area contributed by atoms with Gasteiger partial charge in [0.2, 0.25) is 0 Å². The first-order valence-electron chi connectivity index (χ1n) is 14.7. The summed E-state index contributed by atoms with van der Waals surface area (Å²) in [5.41, 5.74) is 6.29. The number of pyridine rings is 1. The van der Waals surface area contributed by atoms with E-state index in [4.69, 9.17) is 14.7 Å². The van der Waals surface area contributed by atoms with Gasteiger partial charge in [-0.3, -0.25) is 9.78 Å². The molecule has 6 rings (SSSR count). The zero-order valence-corrected chi connectivity index (χ0v) is 23.9. The Balaban J connectivity index is 1.44. The largest absolute Gasteiger partial charge is 0.381 e. The number of rotatable bonds is 6. The van der Waals surface area contributed by atoms with Crippen LogP contribution in [0.5, 0.6) is 0 Å². The zero-order valence-electron chi connectivity index (χ0n) is 23.9. The third-order valence-electron chi connectivity index (χ3n) is 8.76. The van der Waals surface area contributed by atoms with Gasteiger partial charge in [0.05, 0.1) is 29.9 Å². The lowest BCUT2D eigenvalue weighted by molar-refractivity contribution is 0.0780. The number of nitrogens with zero attached hydrogens (tertiary/aromatic N) is 5. The van der Waals surface area contributed by atoms with E-state index in [1.807, 2.05) is 35.2 Å². The van der Waals surface area contributed by atoms with Crippen LogP contribution in [0.25, 0.3) is 10.9 Å². The number of amides is 1. The van der Waals surface area contributed by atoms with Gasteiger partial charge in [-0.25, -0.2) is 9.97 Å². The van der Waals surface area contributed by atoms with E-state index in [9.17, 15) is 4.79 Å². The zero-order chi connectivity index (χ0) is 27.6. The molecule has 1 fully saturated rings. The van der Waals surface area contributed by atoms with Crippen LogP contribution in [0.15, 0.2) is 65.5 Å². The van der Waals surface area contributed by atoms with E-state index in [0.29, 0.717) is 23.9 Å². The van der Waals surface area contributed by atoms with Gasteiger partial charge >= 0.3 is 0 Å². The molecular formula is C33H39N5O2. The van der Waals surface area contributed by atoms with E-state index < -0.39 is 0 Å². The summed E-state index contributed by atoms with van der Waals surface area (Å²) in [5.74, 6) is 2.26. The number of hydrogen-bond acceptors (Lipinski definition) is 6. The highest BCUT2D eigenvalue weighted by Crippen LogP contribution is 2.36. The fourth-order valence-electron chi connectivity index (χ4n) is 6.57. The molecule has 0 saturated carbocycles. The van der Waals surface area contributed by atoms with E-state index in [1.165, 1.54) is 11.1 Å². The van der Waals surface area contributed by atoms with Crippen molar-refractivity contribution in [3.63, 3.8) is 0 Å². The van der Waals surface area contributed by atoms with Crippen LogP contribution in [-0.4, -0.2) is 52.6 Å². The third-order valence-corrected chi connectivity index (χ3v) is 8.76. The number of carbonyl (C=O) groups excluding carboxylic acids is 1. The van der Waals surface area contributed by atoms with E-state index in [1.54, 1.807) is 6.20 Å². The second kappa shape index (κ2) is 11.5. The number of para-hydroxylation sites is 1. The minimum Gasteiger partial charge on any atom is -0.381 e. The van der Waals surface area contributed by atoms with Crippen LogP contribution >= 0.6 is 0 Å². The number of allylic oxidation sites excluding steroid dienone is 4. The summed E-state index contributed by atoms with van der Waals surface area (Å²) in [7, 11) is 2.10. The SMILES string of the molecule is CCC1=C(C)C=C2C(CCC1)Cc1ncccc1C(=O)N2Cc1nc(N(C)CC2CCOC2)c2ccccc2n1. The van der Waals surface area contributed by atoms with Crippen molar-refractivity contribution in [3.05, 3.63) is 82.6 Å². The summed E-state index contributed by atoms with van der Waals surface area (Å²) < 4.78 is 5.63. The van der Waals surface area contributed by atoms with Gasteiger partial charge in [0.15, 0.2) is 5.82 Å². The molecule has 2 aromatic heterocycles. The maximum atomic E-state index is 14.2. The van der Waals surface area contributed by atoms with Gasteiger partial charge in [-0.1, -0.05) is 30.2 Å². The van der Waals surface area contributed by atoms with Crippen LogP contribution in [0.2, 0.25) is 0 Å². The van der Waals surface area contributed by atoms with Crippen LogP contribution in [0, 0.1) is 11.8 Å². The number of aromatic nitrogens is 3. The molecule has 0 bridgehead atoms. The van der Waals surface area contributed by atoms with Gasteiger partial charge in [0.1, 0.15) is 5.82 Å². The number of fused-ring (bicyclic) bond motifs is 3. The Morgan fingerprint density at radius 2 is 2.00 bits per heavy atom. The Hall–Kier alpha value is -3.58. The second-order valence-corrected chi connectivity index (χ2v) is 11.5. The highest BCUT2D eigenvalue weighted by molar-refractivity contribution is 5.97. The molecule has 1 aromatic carbocycles. The lowest BCUT2D eigenvalue weighted by Gasteiger charge is -2.30. The number of ether oxygens (including phenoxy) is 1. The molecule has 2 aliphatic heterocycles. The maximum Gasteiger partial charge on any atom is 0.260 e. The standard InChI is InChI=1S/C33H39N5O2/c1-4-24-9-7-10-25-18-29-27(12-8-15-34-29)33(39)38(30(25)17-22(24)2)20-31-35-28-13-6-5-11-26(28)32(36-31)37(3)19-23-14-16-40-21-23/h5-6,8,11-13,15,17,23,25H,4,7,9-10,14,16,18-21H2,1-3H3. The monoisotopic (exact) mass is 537 g/mol. The molecule has 4 heterocycles. The Morgan fingerprint density at radius 1 is 1.12 bits per heavy atom. The Bertz CT molecular complexity index is 1470. The lowest BCUT2D eigenvalue weighted by Crippen LogP contribution is -2.33. The van der Waals surface area contributed by atoms with Crippen molar-refractivity contribution in [1.82, 2.24) is 19.9 Å². The first-order valence-corrected chi connectivity index (χ1v) is 14.7. The van der Waals surface area contributed by atoms with E-state index in [-0.39, 0.29) is 11.8 Å². The molecule has 2 unspecified atom stereocenters. The molecule has 2 atom stereocenters. The van der Waals surface area contributed by atoms with Crippen LogP contribution in [0.3, 0.4) is 0 Å². The van der Waals surface area contributed by atoms with E-state index >= 15 is 0 Å².